The second-order valence-corrected chi connectivity index (χ2v) is 8.33. The summed E-state index contributed by atoms with van der Waals surface area (Å²) in [6.45, 7) is 5.47. The number of rotatable bonds is 7. The van der Waals surface area contributed by atoms with E-state index in [4.69, 9.17) is 0 Å². The van der Waals surface area contributed by atoms with Crippen molar-refractivity contribution >= 4 is 17.5 Å². The highest BCUT2D eigenvalue weighted by atomic mass is 16.2. The van der Waals surface area contributed by atoms with Gasteiger partial charge >= 0.3 is 0 Å². The highest BCUT2D eigenvalue weighted by Crippen LogP contribution is 2.23. The van der Waals surface area contributed by atoms with Crippen LogP contribution in [-0.4, -0.2) is 49.4 Å². The lowest BCUT2D eigenvalue weighted by Gasteiger charge is -2.36. The first-order valence-corrected chi connectivity index (χ1v) is 11.7. The number of hydrogen-bond donors (Lipinski definition) is 1. The van der Waals surface area contributed by atoms with Crippen molar-refractivity contribution in [2.45, 2.75) is 19.8 Å². The van der Waals surface area contributed by atoms with Gasteiger partial charge in [0.2, 0.25) is 0 Å². The number of carbonyl (C=O) groups excluding carboxylic acids is 2. The number of hydrogen-bond acceptors (Lipinski definition) is 3. The Morgan fingerprint density at radius 1 is 0.818 bits per heavy atom. The number of nitrogens with zero attached hydrogens (tertiary/aromatic N) is 2. The van der Waals surface area contributed by atoms with Crippen molar-refractivity contribution in [2.75, 3.05) is 37.6 Å². The van der Waals surface area contributed by atoms with Gasteiger partial charge < -0.3 is 15.1 Å². The zero-order chi connectivity index (χ0) is 23.0. The third kappa shape index (κ3) is 5.61. The number of anilines is 1. The average Bonchev–Trinajstić information content (AvgIpc) is 2.88. The zero-order valence-electron chi connectivity index (χ0n) is 19.2. The minimum atomic E-state index is -0.0228. The van der Waals surface area contributed by atoms with Gasteiger partial charge in [0.15, 0.2) is 0 Å². The lowest BCUT2D eigenvalue weighted by molar-refractivity contribution is 0.0746. The van der Waals surface area contributed by atoms with E-state index in [2.05, 4.69) is 28.4 Å². The Bertz CT molecular complexity index is 1070. The molecule has 1 N–H and O–H groups in total. The van der Waals surface area contributed by atoms with E-state index in [0.717, 1.165) is 48.3 Å². The molecule has 0 spiro atoms. The maximum absolute atomic E-state index is 12.8. The van der Waals surface area contributed by atoms with Gasteiger partial charge in [-0.05, 0) is 61.2 Å². The first-order chi connectivity index (χ1) is 16.2. The first kappa shape index (κ1) is 22.6. The minimum Gasteiger partial charge on any atom is -0.368 e. The summed E-state index contributed by atoms with van der Waals surface area (Å²) in [6.07, 6.45) is 1.69. The number of benzene rings is 3. The molecule has 5 heteroatoms. The van der Waals surface area contributed by atoms with Gasteiger partial charge in [-0.2, -0.15) is 0 Å². The summed E-state index contributed by atoms with van der Waals surface area (Å²) in [5.74, 6) is 0.0655. The van der Waals surface area contributed by atoms with Gasteiger partial charge in [0.25, 0.3) is 11.8 Å². The van der Waals surface area contributed by atoms with Gasteiger partial charge in [0.1, 0.15) is 0 Å². The lowest BCUT2D eigenvalue weighted by atomic mass is 9.98. The molecule has 2 amide bonds. The largest absolute Gasteiger partial charge is 0.368 e. The molecule has 3 aromatic rings. The number of carbonyl (C=O) groups is 2. The molecule has 1 heterocycles. The quantitative estimate of drug-likeness (QED) is 0.598. The molecule has 3 aromatic carbocycles. The number of nitrogens with one attached hydrogen (secondary N) is 1. The fourth-order valence-electron chi connectivity index (χ4n) is 4.32. The summed E-state index contributed by atoms with van der Waals surface area (Å²) < 4.78 is 0. The number of piperazine rings is 1. The minimum absolute atomic E-state index is 0.0228. The van der Waals surface area contributed by atoms with Crippen molar-refractivity contribution in [2.24, 2.45) is 0 Å². The van der Waals surface area contributed by atoms with Crippen LogP contribution < -0.4 is 10.2 Å². The van der Waals surface area contributed by atoms with E-state index in [0.29, 0.717) is 19.6 Å². The Morgan fingerprint density at radius 2 is 1.48 bits per heavy atom. The van der Waals surface area contributed by atoms with Crippen LogP contribution in [0.15, 0.2) is 78.9 Å². The van der Waals surface area contributed by atoms with E-state index >= 15 is 0 Å². The van der Waals surface area contributed by atoms with Crippen LogP contribution >= 0.6 is 0 Å². The molecular weight excluding hydrogens is 410 g/mol. The molecule has 0 aromatic heterocycles. The van der Waals surface area contributed by atoms with Gasteiger partial charge in [0.05, 0.1) is 0 Å². The monoisotopic (exact) mass is 441 g/mol. The van der Waals surface area contributed by atoms with E-state index in [1.165, 1.54) is 5.56 Å². The smallest absolute Gasteiger partial charge is 0.253 e. The zero-order valence-corrected chi connectivity index (χ0v) is 19.2. The van der Waals surface area contributed by atoms with Crippen LogP contribution in [0.4, 0.5) is 5.69 Å². The Balaban J connectivity index is 1.47. The molecule has 4 rings (SSSR count). The molecule has 5 nitrogen and oxygen atoms in total. The van der Waals surface area contributed by atoms with Gasteiger partial charge in [-0.25, -0.2) is 0 Å². The van der Waals surface area contributed by atoms with Crippen LogP contribution in [0.3, 0.4) is 0 Å². The van der Waals surface area contributed by atoms with Crippen molar-refractivity contribution in [1.29, 1.82) is 0 Å². The van der Waals surface area contributed by atoms with Gasteiger partial charge in [0, 0.05) is 49.5 Å². The summed E-state index contributed by atoms with van der Waals surface area (Å²) in [5, 5.41) is 2.94. The predicted octanol–water partition coefficient (Wildman–Crippen LogP) is 4.18. The van der Waals surface area contributed by atoms with Crippen LogP contribution in [0, 0.1) is 0 Å². The Morgan fingerprint density at radius 3 is 2.15 bits per heavy atom. The standard InChI is InChI=1S/C28H31N3O2/c1-2-29-27(32)26-16-15-25(21-24(26)14-13-22-9-5-3-6-10-22)30-17-19-31(20-18-30)28(33)23-11-7-4-8-12-23/h3-12,15-16,21H,2,13-14,17-20H2,1H3,(H,29,32). The summed E-state index contributed by atoms with van der Waals surface area (Å²) in [5.41, 5.74) is 4.91. The number of aryl methyl sites for hydroxylation is 2. The van der Waals surface area contributed by atoms with Crippen molar-refractivity contribution in [1.82, 2.24) is 10.2 Å². The van der Waals surface area contributed by atoms with Gasteiger partial charge in [-0.1, -0.05) is 48.5 Å². The molecule has 1 aliphatic heterocycles. The van der Waals surface area contributed by atoms with Crippen LogP contribution in [0.1, 0.15) is 38.8 Å². The molecule has 1 fully saturated rings. The van der Waals surface area contributed by atoms with Crippen LogP contribution in [-0.2, 0) is 12.8 Å². The van der Waals surface area contributed by atoms with Gasteiger partial charge in [-0.15, -0.1) is 0 Å². The molecular formula is C28H31N3O2. The second kappa shape index (κ2) is 10.8. The molecule has 0 aliphatic carbocycles. The predicted molar refractivity (Wildman–Crippen MR) is 133 cm³/mol. The van der Waals surface area contributed by atoms with Crippen molar-refractivity contribution in [3.63, 3.8) is 0 Å². The summed E-state index contributed by atoms with van der Waals surface area (Å²) in [4.78, 5) is 29.6. The van der Waals surface area contributed by atoms with E-state index in [-0.39, 0.29) is 11.8 Å². The van der Waals surface area contributed by atoms with Crippen molar-refractivity contribution < 1.29 is 9.59 Å². The van der Waals surface area contributed by atoms with Crippen LogP contribution in [0.2, 0.25) is 0 Å². The SMILES string of the molecule is CCNC(=O)c1ccc(N2CCN(C(=O)c3ccccc3)CC2)cc1CCc1ccccc1. The molecule has 0 atom stereocenters. The third-order valence-electron chi connectivity index (χ3n) is 6.15. The van der Waals surface area contributed by atoms with Crippen LogP contribution in [0.25, 0.3) is 0 Å². The molecule has 1 aliphatic rings. The van der Waals surface area contributed by atoms with E-state index in [9.17, 15) is 9.59 Å². The molecule has 0 unspecified atom stereocenters. The third-order valence-corrected chi connectivity index (χ3v) is 6.15. The van der Waals surface area contributed by atoms with E-state index in [1.807, 2.05) is 72.5 Å². The highest BCUT2D eigenvalue weighted by molar-refractivity contribution is 5.96. The maximum Gasteiger partial charge on any atom is 0.253 e. The molecule has 0 radical (unpaired) electrons. The first-order valence-electron chi connectivity index (χ1n) is 11.7. The highest BCUT2D eigenvalue weighted by Gasteiger charge is 2.23. The normalized spacial score (nSPS) is 13.6. The average molecular weight is 442 g/mol. The Labute approximate surface area is 196 Å². The maximum atomic E-state index is 12.8. The molecule has 0 bridgehead atoms. The second-order valence-electron chi connectivity index (χ2n) is 8.33. The summed E-state index contributed by atoms with van der Waals surface area (Å²) >= 11 is 0. The number of amides is 2. The summed E-state index contributed by atoms with van der Waals surface area (Å²) in [6, 6.07) is 26.0. The molecule has 33 heavy (non-hydrogen) atoms. The van der Waals surface area contributed by atoms with Crippen LogP contribution in [0.5, 0.6) is 0 Å². The Kier molecular flexibility index (Phi) is 7.40. The van der Waals surface area contributed by atoms with E-state index in [1.54, 1.807) is 0 Å². The summed E-state index contributed by atoms with van der Waals surface area (Å²) in [7, 11) is 0. The van der Waals surface area contributed by atoms with Crippen molar-refractivity contribution in [3.05, 3.63) is 101 Å². The van der Waals surface area contributed by atoms with E-state index < -0.39 is 0 Å². The fourth-order valence-corrected chi connectivity index (χ4v) is 4.32. The topological polar surface area (TPSA) is 52.7 Å². The fraction of sp³-hybridized carbons (Fsp3) is 0.286. The van der Waals surface area contributed by atoms with Gasteiger partial charge in [-0.3, -0.25) is 9.59 Å². The lowest BCUT2D eigenvalue weighted by Crippen LogP contribution is -2.48. The molecule has 170 valence electrons. The Hall–Kier alpha value is -3.60. The van der Waals surface area contributed by atoms with Crippen molar-refractivity contribution in [3.8, 4) is 0 Å². The molecule has 1 saturated heterocycles. The molecule has 0 saturated carbocycles.